The van der Waals surface area contributed by atoms with Crippen molar-refractivity contribution in [1.82, 2.24) is 5.32 Å². The zero-order valence-electron chi connectivity index (χ0n) is 10.2. The van der Waals surface area contributed by atoms with Gasteiger partial charge in [0.2, 0.25) is 0 Å². The Morgan fingerprint density at radius 3 is 2.56 bits per heavy atom. The van der Waals surface area contributed by atoms with Gasteiger partial charge in [-0.25, -0.2) is 0 Å². The Morgan fingerprint density at radius 2 is 1.94 bits per heavy atom. The van der Waals surface area contributed by atoms with E-state index in [-0.39, 0.29) is 0 Å². The Hall–Kier alpha value is -0.470. The Balaban J connectivity index is 2.05. The minimum absolute atomic E-state index is 0.551. The quantitative estimate of drug-likeness (QED) is 0.861. The summed E-state index contributed by atoms with van der Waals surface area (Å²) in [6.45, 7) is 4.47. The lowest BCUT2D eigenvalue weighted by atomic mass is 10.0. The molecule has 2 rings (SSSR count). The zero-order chi connectivity index (χ0) is 11.4. The summed E-state index contributed by atoms with van der Waals surface area (Å²) in [6.07, 6.45) is 2.36. The van der Waals surface area contributed by atoms with Crippen LogP contribution in [0, 0.1) is 0 Å². The number of thioether (sulfide) groups is 1. The van der Waals surface area contributed by atoms with Crippen molar-refractivity contribution < 1.29 is 0 Å². The van der Waals surface area contributed by atoms with Crippen LogP contribution in [0.3, 0.4) is 0 Å². The summed E-state index contributed by atoms with van der Waals surface area (Å²) >= 11 is 2.08. The fraction of sp³-hybridized carbons (Fsp3) is 0.571. The summed E-state index contributed by atoms with van der Waals surface area (Å²) < 4.78 is 0. The lowest BCUT2D eigenvalue weighted by Crippen LogP contribution is -2.39. The molecule has 1 aliphatic heterocycles. The SMILES string of the molecule is CCc1ccc(C2CSCC(CC)N2)cc1. The average molecular weight is 235 g/mol. The molecule has 0 bridgehead atoms. The molecule has 1 heterocycles. The van der Waals surface area contributed by atoms with Gasteiger partial charge in [0.1, 0.15) is 0 Å². The van der Waals surface area contributed by atoms with Crippen LogP contribution in [0.1, 0.15) is 37.4 Å². The summed E-state index contributed by atoms with van der Waals surface area (Å²) in [7, 11) is 0. The number of rotatable bonds is 3. The van der Waals surface area contributed by atoms with Crippen molar-refractivity contribution in [1.29, 1.82) is 0 Å². The van der Waals surface area contributed by atoms with Crippen LogP contribution in [0.4, 0.5) is 0 Å². The second kappa shape index (κ2) is 5.74. The van der Waals surface area contributed by atoms with Crippen LogP contribution in [0.15, 0.2) is 24.3 Å². The Labute approximate surface area is 103 Å². The standard InChI is InChI=1S/C14H21NS/c1-3-11-5-7-12(8-6-11)14-10-16-9-13(4-2)15-14/h5-8,13-15H,3-4,9-10H2,1-2H3. The van der Waals surface area contributed by atoms with E-state index in [1.54, 1.807) is 0 Å². The van der Waals surface area contributed by atoms with Crippen molar-refractivity contribution >= 4 is 11.8 Å². The maximum absolute atomic E-state index is 3.74. The van der Waals surface area contributed by atoms with Gasteiger partial charge in [-0.1, -0.05) is 38.1 Å². The van der Waals surface area contributed by atoms with Crippen molar-refractivity contribution in [3.8, 4) is 0 Å². The second-order valence-electron chi connectivity index (χ2n) is 4.46. The molecular weight excluding hydrogens is 214 g/mol. The molecule has 88 valence electrons. The minimum atomic E-state index is 0.551. The first-order valence-corrected chi connectivity index (χ1v) is 7.41. The van der Waals surface area contributed by atoms with Gasteiger partial charge in [0.15, 0.2) is 0 Å². The van der Waals surface area contributed by atoms with E-state index in [4.69, 9.17) is 0 Å². The van der Waals surface area contributed by atoms with Crippen molar-refractivity contribution in [3.05, 3.63) is 35.4 Å². The molecular formula is C14H21NS. The van der Waals surface area contributed by atoms with Gasteiger partial charge in [-0.3, -0.25) is 0 Å². The third kappa shape index (κ3) is 2.80. The first-order chi connectivity index (χ1) is 7.83. The third-order valence-corrected chi connectivity index (χ3v) is 4.53. The molecule has 1 aliphatic rings. The molecule has 1 N–H and O–H groups in total. The number of benzene rings is 1. The fourth-order valence-electron chi connectivity index (χ4n) is 2.12. The summed E-state index contributed by atoms with van der Waals surface area (Å²) in [5.74, 6) is 2.47. The van der Waals surface area contributed by atoms with E-state index in [1.165, 1.54) is 29.1 Å². The predicted molar refractivity (Wildman–Crippen MR) is 73.1 cm³/mol. The predicted octanol–water partition coefficient (Wildman–Crippen LogP) is 3.41. The lowest BCUT2D eigenvalue weighted by molar-refractivity contribution is 0.466. The Bertz CT molecular complexity index is 320. The van der Waals surface area contributed by atoms with E-state index in [2.05, 4.69) is 55.2 Å². The van der Waals surface area contributed by atoms with Gasteiger partial charge < -0.3 is 5.32 Å². The van der Waals surface area contributed by atoms with Crippen LogP contribution in [-0.2, 0) is 6.42 Å². The average Bonchev–Trinajstić information content (AvgIpc) is 2.39. The first kappa shape index (κ1) is 12.0. The monoisotopic (exact) mass is 235 g/mol. The van der Waals surface area contributed by atoms with E-state index in [0.29, 0.717) is 12.1 Å². The van der Waals surface area contributed by atoms with E-state index in [1.807, 2.05) is 0 Å². The summed E-state index contributed by atoms with van der Waals surface area (Å²) in [6, 6.07) is 10.3. The molecule has 2 heteroatoms. The largest absolute Gasteiger partial charge is 0.306 e. The smallest absolute Gasteiger partial charge is 0.0414 e. The number of nitrogens with one attached hydrogen (secondary N) is 1. The van der Waals surface area contributed by atoms with Crippen molar-refractivity contribution in [2.45, 2.75) is 38.8 Å². The molecule has 0 saturated carbocycles. The van der Waals surface area contributed by atoms with E-state index >= 15 is 0 Å². The highest BCUT2D eigenvalue weighted by Gasteiger charge is 2.20. The van der Waals surface area contributed by atoms with Gasteiger partial charge in [0.25, 0.3) is 0 Å². The number of hydrogen-bond acceptors (Lipinski definition) is 2. The van der Waals surface area contributed by atoms with E-state index in [9.17, 15) is 0 Å². The van der Waals surface area contributed by atoms with Gasteiger partial charge >= 0.3 is 0 Å². The molecule has 0 amide bonds. The molecule has 1 aromatic rings. The Morgan fingerprint density at radius 1 is 1.19 bits per heavy atom. The van der Waals surface area contributed by atoms with Crippen LogP contribution in [0.25, 0.3) is 0 Å². The normalized spacial score (nSPS) is 25.6. The minimum Gasteiger partial charge on any atom is -0.306 e. The summed E-state index contributed by atoms with van der Waals surface area (Å²) in [5.41, 5.74) is 2.88. The van der Waals surface area contributed by atoms with Gasteiger partial charge in [0, 0.05) is 23.6 Å². The molecule has 0 radical (unpaired) electrons. The maximum atomic E-state index is 3.74. The van der Waals surface area contributed by atoms with Gasteiger partial charge in [-0.2, -0.15) is 11.8 Å². The number of hydrogen-bond donors (Lipinski definition) is 1. The fourth-order valence-corrected chi connectivity index (χ4v) is 3.40. The van der Waals surface area contributed by atoms with Crippen LogP contribution in [0.5, 0.6) is 0 Å². The topological polar surface area (TPSA) is 12.0 Å². The van der Waals surface area contributed by atoms with Crippen LogP contribution in [-0.4, -0.2) is 17.5 Å². The van der Waals surface area contributed by atoms with Crippen molar-refractivity contribution in [3.63, 3.8) is 0 Å². The molecule has 0 spiro atoms. The maximum Gasteiger partial charge on any atom is 0.0414 e. The molecule has 0 aliphatic carbocycles. The van der Waals surface area contributed by atoms with Gasteiger partial charge in [0.05, 0.1) is 0 Å². The highest BCUT2D eigenvalue weighted by molar-refractivity contribution is 7.99. The Kier molecular flexibility index (Phi) is 4.30. The molecule has 1 saturated heterocycles. The van der Waals surface area contributed by atoms with Crippen LogP contribution < -0.4 is 5.32 Å². The third-order valence-electron chi connectivity index (χ3n) is 3.32. The van der Waals surface area contributed by atoms with Crippen LogP contribution >= 0.6 is 11.8 Å². The molecule has 16 heavy (non-hydrogen) atoms. The lowest BCUT2D eigenvalue weighted by Gasteiger charge is -2.30. The van der Waals surface area contributed by atoms with Crippen LogP contribution in [0.2, 0.25) is 0 Å². The highest BCUT2D eigenvalue weighted by Crippen LogP contribution is 2.25. The van der Waals surface area contributed by atoms with Gasteiger partial charge in [-0.15, -0.1) is 0 Å². The summed E-state index contributed by atoms with van der Waals surface area (Å²) in [4.78, 5) is 0. The molecule has 1 nitrogen and oxygen atoms in total. The van der Waals surface area contributed by atoms with Gasteiger partial charge in [-0.05, 0) is 24.0 Å². The van der Waals surface area contributed by atoms with E-state index < -0.39 is 0 Å². The molecule has 1 fully saturated rings. The molecule has 1 aromatic carbocycles. The van der Waals surface area contributed by atoms with Crippen molar-refractivity contribution in [2.24, 2.45) is 0 Å². The first-order valence-electron chi connectivity index (χ1n) is 6.26. The number of aryl methyl sites for hydroxylation is 1. The molecule has 2 atom stereocenters. The highest BCUT2D eigenvalue weighted by atomic mass is 32.2. The zero-order valence-corrected chi connectivity index (χ0v) is 11.0. The summed E-state index contributed by atoms with van der Waals surface area (Å²) in [5, 5.41) is 3.74. The second-order valence-corrected chi connectivity index (χ2v) is 5.53. The van der Waals surface area contributed by atoms with E-state index in [0.717, 1.165) is 6.42 Å². The van der Waals surface area contributed by atoms with Crippen molar-refractivity contribution in [2.75, 3.05) is 11.5 Å². The molecule has 2 unspecified atom stereocenters. The molecule has 0 aromatic heterocycles.